The molecule has 1 aliphatic carbocycles. The molecule has 0 saturated heterocycles. The number of thioether (sulfide) groups is 1. The summed E-state index contributed by atoms with van der Waals surface area (Å²) in [7, 11) is 3.07. The largest absolute Gasteiger partial charge is 0.493 e. The summed E-state index contributed by atoms with van der Waals surface area (Å²) in [5.41, 5.74) is 4.04. The maximum absolute atomic E-state index is 13.4. The van der Waals surface area contributed by atoms with Crippen molar-refractivity contribution in [2.75, 3.05) is 24.9 Å². The normalized spacial score (nSPS) is 14.6. The van der Waals surface area contributed by atoms with Crippen LogP contribution in [-0.2, 0) is 17.6 Å². The van der Waals surface area contributed by atoms with Crippen LogP contribution >= 0.6 is 23.1 Å². The van der Waals surface area contributed by atoms with Crippen LogP contribution in [0.2, 0.25) is 0 Å². The van der Waals surface area contributed by atoms with E-state index in [4.69, 9.17) is 9.47 Å². The number of hydrogen-bond acceptors (Lipinski definition) is 7. The summed E-state index contributed by atoms with van der Waals surface area (Å²) in [6.07, 6.45) is 3.30. The molecule has 220 valence electrons. The molecule has 0 bridgehead atoms. The highest BCUT2D eigenvalue weighted by Crippen LogP contribution is 2.42. The van der Waals surface area contributed by atoms with Crippen LogP contribution in [0.5, 0.6) is 11.5 Å². The number of benzene rings is 3. The van der Waals surface area contributed by atoms with Gasteiger partial charge in [-0.25, -0.2) is 0 Å². The Kier molecular flexibility index (Phi) is 9.70. The van der Waals surface area contributed by atoms with E-state index in [0.29, 0.717) is 45.7 Å². The van der Waals surface area contributed by atoms with Crippen LogP contribution in [0.4, 0.5) is 10.7 Å². The molecule has 43 heavy (non-hydrogen) atoms. The molecular weight excluding hydrogens is 579 g/mol. The molecule has 0 spiro atoms. The van der Waals surface area contributed by atoms with Gasteiger partial charge in [-0.1, -0.05) is 43.3 Å². The number of ether oxygens (including phenoxy) is 2. The van der Waals surface area contributed by atoms with Gasteiger partial charge in [-0.05, 0) is 79.1 Å². The third-order valence-corrected chi connectivity index (χ3v) is 10.1. The molecule has 9 heteroatoms. The number of rotatable bonds is 10. The molecule has 2 amide bonds. The third-order valence-electron chi connectivity index (χ3n) is 7.56. The summed E-state index contributed by atoms with van der Waals surface area (Å²) in [5, 5.41) is 16.2. The lowest BCUT2D eigenvalue weighted by molar-refractivity contribution is -0.115. The zero-order valence-electron chi connectivity index (χ0n) is 24.3. The lowest BCUT2D eigenvalue weighted by atomic mass is 9.83. The lowest BCUT2D eigenvalue weighted by Crippen LogP contribution is -2.24. The monoisotopic (exact) mass is 611 g/mol. The summed E-state index contributed by atoms with van der Waals surface area (Å²) in [5.74, 6) is 1.01. The van der Waals surface area contributed by atoms with E-state index in [1.807, 2.05) is 37.3 Å². The highest BCUT2D eigenvalue weighted by Gasteiger charge is 2.28. The fourth-order valence-corrected chi connectivity index (χ4v) is 7.60. The van der Waals surface area contributed by atoms with Crippen molar-refractivity contribution in [2.24, 2.45) is 0 Å². The van der Waals surface area contributed by atoms with Gasteiger partial charge in [0.25, 0.3) is 5.91 Å². The van der Waals surface area contributed by atoms with Crippen molar-refractivity contribution in [3.8, 4) is 17.6 Å². The van der Waals surface area contributed by atoms with Gasteiger partial charge in [0.2, 0.25) is 5.91 Å². The molecule has 0 fully saturated rings. The van der Waals surface area contributed by atoms with Gasteiger partial charge in [0, 0.05) is 21.0 Å². The number of fused-ring (bicyclic) bond motifs is 1. The van der Waals surface area contributed by atoms with Crippen LogP contribution in [0.15, 0.2) is 77.7 Å². The second kappa shape index (κ2) is 13.8. The second-order valence-electron chi connectivity index (χ2n) is 10.2. The van der Waals surface area contributed by atoms with Gasteiger partial charge < -0.3 is 20.1 Å². The number of methoxy groups -OCH3 is 2. The lowest BCUT2D eigenvalue weighted by Gasteiger charge is -2.22. The van der Waals surface area contributed by atoms with Crippen molar-refractivity contribution in [3.05, 3.63) is 99.9 Å². The summed E-state index contributed by atoms with van der Waals surface area (Å²) < 4.78 is 10.6. The van der Waals surface area contributed by atoms with E-state index in [-0.39, 0.29) is 17.1 Å². The first-order valence-electron chi connectivity index (χ1n) is 14.1. The summed E-state index contributed by atoms with van der Waals surface area (Å²) >= 11 is 2.96. The van der Waals surface area contributed by atoms with E-state index >= 15 is 0 Å². The molecule has 2 atom stereocenters. The topological polar surface area (TPSA) is 100 Å². The zero-order chi connectivity index (χ0) is 30.3. The number of nitriles is 1. The number of carbonyl (C=O) groups excluding carboxylic acids is 2. The first-order chi connectivity index (χ1) is 20.9. The number of hydrogen-bond donors (Lipinski definition) is 2. The van der Waals surface area contributed by atoms with Crippen molar-refractivity contribution in [1.82, 2.24) is 0 Å². The molecule has 0 saturated carbocycles. The van der Waals surface area contributed by atoms with E-state index in [2.05, 4.69) is 41.0 Å². The molecule has 1 aromatic heterocycles. The van der Waals surface area contributed by atoms with Crippen LogP contribution in [-0.4, -0.2) is 31.3 Å². The van der Waals surface area contributed by atoms with E-state index < -0.39 is 0 Å². The van der Waals surface area contributed by atoms with Crippen LogP contribution < -0.4 is 20.1 Å². The van der Waals surface area contributed by atoms with Gasteiger partial charge in [0.15, 0.2) is 11.5 Å². The summed E-state index contributed by atoms with van der Waals surface area (Å²) in [6, 6.07) is 25.3. The molecule has 2 unspecified atom stereocenters. The van der Waals surface area contributed by atoms with Crippen molar-refractivity contribution in [2.45, 2.75) is 48.7 Å². The molecule has 0 aliphatic heterocycles. The Morgan fingerprint density at radius 1 is 1.02 bits per heavy atom. The van der Waals surface area contributed by atoms with Crippen LogP contribution in [0.1, 0.15) is 57.6 Å². The maximum Gasteiger partial charge on any atom is 0.255 e. The Hall–Kier alpha value is -4.26. The highest BCUT2D eigenvalue weighted by molar-refractivity contribution is 8.00. The van der Waals surface area contributed by atoms with Gasteiger partial charge in [-0.15, -0.1) is 23.1 Å². The number of anilines is 2. The zero-order valence-corrected chi connectivity index (χ0v) is 25.9. The maximum atomic E-state index is 13.4. The molecule has 2 N–H and O–H groups in total. The number of nitrogens with one attached hydrogen (secondary N) is 2. The minimum Gasteiger partial charge on any atom is -0.493 e. The fraction of sp³-hybridized carbons (Fsp3) is 0.265. The molecule has 4 aromatic rings. The van der Waals surface area contributed by atoms with Gasteiger partial charge in [-0.3, -0.25) is 9.59 Å². The molecule has 7 nitrogen and oxygen atoms in total. The predicted octanol–water partition coefficient (Wildman–Crippen LogP) is 7.67. The van der Waals surface area contributed by atoms with Crippen molar-refractivity contribution >= 4 is 45.6 Å². The Morgan fingerprint density at radius 3 is 2.53 bits per heavy atom. The van der Waals surface area contributed by atoms with E-state index in [9.17, 15) is 14.9 Å². The quantitative estimate of drug-likeness (QED) is 0.179. The van der Waals surface area contributed by atoms with Crippen molar-refractivity contribution in [3.63, 3.8) is 0 Å². The fourth-order valence-electron chi connectivity index (χ4n) is 5.31. The van der Waals surface area contributed by atoms with Crippen LogP contribution in [0.25, 0.3) is 0 Å². The van der Waals surface area contributed by atoms with Crippen molar-refractivity contribution < 1.29 is 19.1 Å². The standard InChI is InChI=1S/C34H33N3O4S2/c1-4-30(42-25-12-8-11-24(19-25)36-32(38)23-14-16-28(40-2)29(17-23)41-3)33(39)37-34-27(20-35)26-15-13-22(18-31(26)43-34)21-9-6-5-7-10-21/h5-12,14,16-17,19,22,30H,4,13,15,18H2,1-3H3,(H,36,38)(H,37,39). The Balaban J connectivity index is 1.26. The van der Waals surface area contributed by atoms with Gasteiger partial charge in [0.1, 0.15) is 11.1 Å². The number of thiophene rings is 1. The Labute approximate surface area is 260 Å². The van der Waals surface area contributed by atoms with Crippen molar-refractivity contribution in [1.29, 1.82) is 5.26 Å². The number of carbonyl (C=O) groups is 2. The van der Waals surface area contributed by atoms with Crippen LogP contribution in [0, 0.1) is 11.3 Å². The minimum atomic E-state index is -0.375. The Morgan fingerprint density at radius 2 is 1.81 bits per heavy atom. The third kappa shape index (κ3) is 6.87. The smallest absolute Gasteiger partial charge is 0.255 e. The van der Waals surface area contributed by atoms with E-state index in [1.165, 1.54) is 40.6 Å². The molecular formula is C34H33N3O4S2. The molecule has 1 aliphatic rings. The number of nitrogens with zero attached hydrogens (tertiary/aromatic N) is 1. The molecule has 1 heterocycles. The van der Waals surface area contributed by atoms with E-state index in [1.54, 1.807) is 25.3 Å². The summed E-state index contributed by atoms with van der Waals surface area (Å²) in [4.78, 5) is 28.4. The molecule has 0 radical (unpaired) electrons. The number of amides is 2. The van der Waals surface area contributed by atoms with Gasteiger partial charge in [-0.2, -0.15) is 5.26 Å². The van der Waals surface area contributed by atoms with E-state index in [0.717, 1.165) is 29.7 Å². The van der Waals surface area contributed by atoms with Gasteiger partial charge in [0.05, 0.1) is 25.0 Å². The molecule has 3 aromatic carbocycles. The average molecular weight is 612 g/mol. The predicted molar refractivity (Wildman–Crippen MR) is 173 cm³/mol. The second-order valence-corrected chi connectivity index (χ2v) is 12.6. The molecule has 5 rings (SSSR count). The van der Waals surface area contributed by atoms with Crippen LogP contribution in [0.3, 0.4) is 0 Å². The summed E-state index contributed by atoms with van der Waals surface area (Å²) in [6.45, 7) is 1.97. The van der Waals surface area contributed by atoms with Gasteiger partial charge >= 0.3 is 0 Å². The first kappa shape index (κ1) is 30.2. The first-order valence-corrected chi connectivity index (χ1v) is 15.8. The SMILES string of the molecule is CCC(Sc1cccc(NC(=O)c2ccc(OC)c(OC)c2)c1)C(=O)Nc1sc2c(c1C#N)CCC(c1ccccc1)C2. The Bertz CT molecular complexity index is 1660. The highest BCUT2D eigenvalue weighted by atomic mass is 32.2. The minimum absolute atomic E-state index is 0.137. The average Bonchev–Trinajstić information content (AvgIpc) is 3.39.